The minimum Gasteiger partial charge on any atom is -0.323 e. The number of rotatable bonds is 4. The van der Waals surface area contributed by atoms with Gasteiger partial charge < -0.3 is 5.32 Å². The summed E-state index contributed by atoms with van der Waals surface area (Å²) in [6.45, 7) is 9.24. The van der Waals surface area contributed by atoms with Crippen molar-refractivity contribution < 1.29 is 9.59 Å². The van der Waals surface area contributed by atoms with Crippen LogP contribution in [-0.4, -0.2) is 65.0 Å². The maximum absolute atomic E-state index is 13.4. The van der Waals surface area contributed by atoms with Gasteiger partial charge in [0.05, 0.1) is 6.67 Å². The summed E-state index contributed by atoms with van der Waals surface area (Å²) < 4.78 is 1.34. The van der Waals surface area contributed by atoms with Crippen LogP contribution in [-0.2, 0) is 11.3 Å². The Balaban J connectivity index is 1.20. The van der Waals surface area contributed by atoms with Crippen molar-refractivity contribution in [1.82, 2.24) is 20.0 Å². The van der Waals surface area contributed by atoms with E-state index in [1.54, 1.807) is 0 Å². The summed E-state index contributed by atoms with van der Waals surface area (Å²) in [4.78, 5) is 32.4. The van der Waals surface area contributed by atoms with Gasteiger partial charge in [0.15, 0.2) is 0 Å². The highest BCUT2D eigenvalue weighted by molar-refractivity contribution is 7.17. The lowest BCUT2D eigenvalue weighted by atomic mass is 9.67. The number of fused-ring (bicyclic) bond motifs is 1. The number of hydrogen-bond donors (Lipinski definition) is 1. The number of nitrogens with zero attached hydrogens (tertiary/aromatic N) is 3. The molecule has 2 aromatic rings. The lowest BCUT2D eigenvalue weighted by Crippen LogP contribution is -2.59. The minimum absolute atomic E-state index is 0.00984. The van der Waals surface area contributed by atoms with Crippen LogP contribution in [0.15, 0.2) is 29.6 Å². The molecule has 6 nitrogen and oxygen atoms in total. The third-order valence-electron chi connectivity index (χ3n) is 7.75. The molecule has 31 heavy (non-hydrogen) atoms. The number of benzene rings is 1. The number of thiophene rings is 1. The molecule has 1 saturated carbocycles. The van der Waals surface area contributed by atoms with Gasteiger partial charge in [0.2, 0.25) is 0 Å². The Morgan fingerprint density at radius 1 is 1.03 bits per heavy atom. The SMILES string of the molecule is C[C@@H]1CCC[C@@H](C)C12NC(=O)N(CN1CCN(Cc3csc4ccccc34)CC1)C2=O. The smallest absolute Gasteiger partial charge is 0.323 e. The van der Waals surface area contributed by atoms with E-state index >= 15 is 0 Å². The Kier molecular flexibility index (Phi) is 5.52. The van der Waals surface area contributed by atoms with Crippen LogP contribution >= 0.6 is 11.3 Å². The van der Waals surface area contributed by atoms with E-state index in [2.05, 4.69) is 58.6 Å². The molecule has 166 valence electrons. The summed E-state index contributed by atoms with van der Waals surface area (Å²) in [5, 5.41) is 6.75. The van der Waals surface area contributed by atoms with E-state index in [4.69, 9.17) is 0 Å². The van der Waals surface area contributed by atoms with Crippen LogP contribution in [0.25, 0.3) is 10.1 Å². The van der Waals surface area contributed by atoms with E-state index in [1.165, 1.54) is 20.5 Å². The second kappa shape index (κ2) is 8.19. The average molecular weight is 441 g/mol. The Morgan fingerprint density at radius 2 is 1.71 bits per heavy atom. The zero-order valence-electron chi connectivity index (χ0n) is 18.5. The fourth-order valence-corrected chi connectivity index (χ4v) is 6.72. The van der Waals surface area contributed by atoms with Crippen molar-refractivity contribution in [2.24, 2.45) is 11.8 Å². The first kappa shape index (κ1) is 20.9. The highest BCUT2D eigenvalue weighted by Crippen LogP contribution is 2.42. The van der Waals surface area contributed by atoms with E-state index in [9.17, 15) is 9.59 Å². The Hall–Kier alpha value is -1.96. The summed E-state index contributed by atoms with van der Waals surface area (Å²) in [6.07, 6.45) is 3.13. The molecule has 2 atom stereocenters. The molecule has 1 spiro atoms. The van der Waals surface area contributed by atoms with Gasteiger partial charge in [-0.25, -0.2) is 9.69 Å². The predicted molar refractivity (Wildman–Crippen MR) is 124 cm³/mol. The number of carbonyl (C=O) groups is 2. The van der Waals surface area contributed by atoms with Crippen molar-refractivity contribution in [3.8, 4) is 0 Å². The summed E-state index contributed by atoms with van der Waals surface area (Å²) in [6, 6.07) is 8.38. The minimum atomic E-state index is -0.697. The van der Waals surface area contributed by atoms with Crippen LogP contribution in [0.1, 0.15) is 38.7 Å². The monoisotopic (exact) mass is 440 g/mol. The third kappa shape index (κ3) is 3.56. The van der Waals surface area contributed by atoms with Gasteiger partial charge in [-0.05, 0) is 47.1 Å². The predicted octanol–water partition coefficient (Wildman–Crippen LogP) is 3.72. The molecular weight excluding hydrogens is 408 g/mol. The number of nitrogens with one attached hydrogen (secondary N) is 1. The van der Waals surface area contributed by atoms with Crippen LogP contribution < -0.4 is 5.32 Å². The van der Waals surface area contributed by atoms with Crippen LogP contribution in [0.2, 0.25) is 0 Å². The van der Waals surface area contributed by atoms with Crippen molar-refractivity contribution in [3.05, 3.63) is 35.2 Å². The van der Waals surface area contributed by atoms with Gasteiger partial charge in [-0.1, -0.05) is 38.5 Å². The molecule has 1 aromatic heterocycles. The van der Waals surface area contributed by atoms with Crippen molar-refractivity contribution in [1.29, 1.82) is 0 Å². The molecule has 7 heteroatoms. The molecule has 5 rings (SSSR count). The fraction of sp³-hybridized carbons (Fsp3) is 0.583. The summed E-state index contributed by atoms with van der Waals surface area (Å²) in [7, 11) is 0. The molecule has 3 fully saturated rings. The van der Waals surface area contributed by atoms with Crippen molar-refractivity contribution in [3.63, 3.8) is 0 Å². The molecule has 2 aliphatic heterocycles. The zero-order valence-corrected chi connectivity index (χ0v) is 19.3. The molecular formula is C24H32N4O2S. The van der Waals surface area contributed by atoms with Crippen molar-refractivity contribution in [2.45, 2.75) is 45.2 Å². The Morgan fingerprint density at radius 3 is 2.45 bits per heavy atom. The number of urea groups is 1. The molecule has 3 heterocycles. The van der Waals surface area contributed by atoms with Gasteiger partial charge in [0, 0.05) is 37.4 Å². The van der Waals surface area contributed by atoms with Gasteiger partial charge in [-0.2, -0.15) is 0 Å². The first-order chi connectivity index (χ1) is 15.0. The molecule has 2 saturated heterocycles. The zero-order chi connectivity index (χ0) is 21.6. The maximum Gasteiger partial charge on any atom is 0.326 e. The maximum atomic E-state index is 13.4. The van der Waals surface area contributed by atoms with E-state index in [0.29, 0.717) is 6.67 Å². The van der Waals surface area contributed by atoms with Crippen LogP contribution in [0, 0.1) is 11.8 Å². The first-order valence-electron chi connectivity index (χ1n) is 11.5. The van der Waals surface area contributed by atoms with Crippen molar-refractivity contribution in [2.75, 3.05) is 32.8 Å². The van der Waals surface area contributed by atoms with Crippen LogP contribution in [0.3, 0.4) is 0 Å². The van der Waals surface area contributed by atoms with E-state index in [1.807, 2.05) is 11.3 Å². The van der Waals surface area contributed by atoms with Gasteiger partial charge >= 0.3 is 6.03 Å². The topological polar surface area (TPSA) is 55.9 Å². The second-order valence-electron chi connectivity index (χ2n) is 9.56. The molecule has 3 aliphatic rings. The fourth-order valence-electron chi connectivity index (χ4n) is 5.77. The molecule has 1 N–H and O–H groups in total. The van der Waals surface area contributed by atoms with Crippen LogP contribution in [0.5, 0.6) is 0 Å². The number of carbonyl (C=O) groups excluding carboxylic acids is 2. The molecule has 0 bridgehead atoms. The molecule has 0 radical (unpaired) electrons. The second-order valence-corrected chi connectivity index (χ2v) is 10.5. The summed E-state index contributed by atoms with van der Waals surface area (Å²) in [5.41, 5.74) is 0.697. The molecule has 1 aromatic carbocycles. The van der Waals surface area contributed by atoms with E-state index < -0.39 is 5.54 Å². The largest absolute Gasteiger partial charge is 0.326 e. The van der Waals surface area contributed by atoms with Gasteiger partial charge in [-0.3, -0.25) is 14.6 Å². The summed E-state index contributed by atoms with van der Waals surface area (Å²) in [5.74, 6) is 0.370. The molecule has 1 aliphatic carbocycles. The lowest BCUT2D eigenvalue weighted by molar-refractivity contribution is -0.138. The highest BCUT2D eigenvalue weighted by Gasteiger charge is 2.58. The number of hydrogen-bond acceptors (Lipinski definition) is 5. The standard InChI is InChI=1S/C24H32N4O2S/c1-17-6-5-7-18(2)24(17)22(29)28(23(30)25-24)16-27-12-10-26(11-13-27)14-19-15-31-21-9-4-3-8-20(19)21/h3-4,8-9,15,17-18H,5-7,10-14,16H2,1-2H3,(H,25,30)/t17-,18-/m1/s1. The van der Waals surface area contributed by atoms with Crippen LogP contribution in [0.4, 0.5) is 4.79 Å². The van der Waals surface area contributed by atoms with E-state index in [-0.39, 0.29) is 23.8 Å². The van der Waals surface area contributed by atoms with E-state index in [0.717, 1.165) is 52.0 Å². The van der Waals surface area contributed by atoms with Gasteiger partial charge in [0.1, 0.15) is 5.54 Å². The Labute approximate surface area is 188 Å². The number of piperazine rings is 1. The lowest BCUT2D eigenvalue weighted by Gasteiger charge is -2.42. The Bertz CT molecular complexity index is 971. The number of imide groups is 1. The van der Waals surface area contributed by atoms with Crippen molar-refractivity contribution >= 4 is 33.4 Å². The quantitative estimate of drug-likeness (QED) is 0.736. The normalized spacial score (nSPS) is 27.4. The van der Waals surface area contributed by atoms with Gasteiger partial charge in [-0.15, -0.1) is 11.3 Å². The third-order valence-corrected chi connectivity index (χ3v) is 8.76. The molecule has 0 unspecified atom stereocenters. The first-order valence-corrected chi connectivity index (χ1v) is 12.4. The summed E-state index contributed by atoms with van der Waals surface area (Å²) >= 11 is 1.81. The van der Waals surface area contributed by atoms with Gasteiger partial charge in [0.25, 0.3) is 5.91 Å². The highest BCUT2D eigenvalue weighted by atomic mass is 32.1. The molecule has 3 amide bonds. The average Bonchev–Trinajstić information content (AvgIpc) is 3.28. The number of amides is 3.